The molecule has 0 heterocycles. The van der Waals surface area contributed by atoms with E-state index in [9.17, 15) is 13.2 Å². The lowest BCUT2D eigenvalue weighted by atomic mass is 10.1. The highest BCUT2D eigenvalue weighted by molar-refractivity contribution is 7.99. The quantitative estimate of drug-likeness (QED) is 0.615. The Morgan fingerprint density at radius 1 is 1.41 bits per heavy atom. The maximum atomic E-state index is 12.4. The van der Waals surface area contributed by atoms with Gasteiger partial charge in [0.25, 0.3) is 0 Å². The summed E-state index contributed by atoms with van der Waals surface area (Å²) in [6.07, 6.45) is -4.42. The van der Waals surface area contributed by atoms with E-state index in [1.807, 2.05) is 0 Å². The minimum Gasteiger partial charge on any atom is -0.384 e. The third-order valence-electron chi connectivity index (χ3n) is 1.97. The Bertz CT molecular complexity index is 426. The van der Waals surface area contributed by atoms with Crippen LogP contribution in [0.2, 0.25) is 0 Å². The van der Waals surface area contributed by atoms with Crippen molar-refractivity contribution in [3.05, 3.63) is 29.3 Å². The highest BCUT2D eigenvalue weighted by Gasteiger charge is 2.31. The first-order chi connectivity index (χ1) is 7.99. The molecule has 1 aromatic carbocycles. The molecule has 0 spiro atoms. The highest BCUT2D eigenvalue weighted by atomic mass is 32.2. The molecule has 0 unspecified atom stereocenters. The second-order valence-electron chi connectivity index (χ2n) is 3.16. The number of hydrogen-bond acceptors (Lipinski definition) is 3. The predicted molar refractivity (Wildman–Crippen MR) is 58.8 cm³/mol. The van der Waals surface area contributed by atoms with E-state index in [-0.39, 0.29) is 5.56 Å². The van der Waals surface area contributed by atoms with Crippen molar-refractivity contribution in [2.24, 2.45) is 0 Å². The summed E-state index contributed by atoms with van der Waals surface area (Å²) in [5, 5.41) is 8.80. The standard InChI is InChI=1S/C11H10F3NOS/c1-16-4-5-17-10-3-2-9(11(12,13)14)6-8(10)7-15/h2-3,6H,4-5H2,1H3. The van der Waals surface area contributed by atoms with Gasteiger partial charge in [-0.1, -0.05) is 0 Å². The third kappa shape index (κ3) is 3.95. The molecule has 2 nitrogen and oxygen atoms in total. The van der Waals surface area contributed by atoms with Crippen LogP contribution in [0.3, 0.4) is 0 Å². The van der Waals surface area contributed by atoms with Crippen LogP contribution in [0.5, 0.6) is 0 Å². The monoisotopic (exact) mass is 261 g/mol. The maximum Gasteiger partial charge on any atom is 0.416 e. The zero-order chi connectivity index (χ0) is 12.9. The Hall–Kier alpha value is -1.19. The van der Waals surface area contributed by atoms with Crippen molar-refractivity contribution in [1.29, 1.82) is 5.26 Å². The number of nitrogens with zero attached hydrogens (tertiary/aromatic N) is 1. The van der Waals surface area contributed by atoms with Crippen LogP contribution in [-0.2, 0) is 10.9 Å². The van der Waals surface area contributed by atoms with Crippen molar-refractivity contribution in [1.82, 2.24) is 0 Å². The van der Waals surface area contributed by atoms with E-state index < -0.39 is 11.7 Å². The number of hydrogen-bond donors (Lipinski definition) is 0. The molecule has 0 aliphatic rings. The summed E-state index contributed by atoms with van der Waals surface area (Å²) in [4.78, 5) is 0.539. The van der Waals surface area contributed by atoms with Crippen molar-refractivity contribution in [3.63, 3.8) is 0 Å². The molecule has 1 rings (SSSR count). The van der Waals surface area contributed by atoms with Gasteiger partial charge in [0, 0.05) is 17.8 Å². The number of halogens is 3. The average molecular weight is 261 g/mol. The van der Waals surface area contributed by atoms with Gasteiger partial charge in [-0.2, -0.15) is 18.4 Å². The van der Waals surface area contributed by atoms with Crippen LogP contribution in [0.25, 0.3) is 0 Å². The average Bonchev–Trinajstić information content (AvgIpc) is 2.28. The van der Waals surface area contributed by atoms with Crippen molar-refractivity contribution in [2.45, 2.75) is 11.1 Å². The molecule has 1 aromatic rings. The van der Waals surface area contributed by atoms with E-state index >= 15 is 0 Å². The number of rotatable bonds is 4. The second-order valence-corrected chi connectivity index (χ2v) is 4.30. The first-order valence-corrected chi connectivity index (χ1v) is 5.70. The summed E-state index contributed by atoms with van der Waals surface area (Å²) in [5.74, 6) is 0.594. The topological polar surface area (TPSA) is 33.0 Å². The largest absolute Gasteiger partial charge is 0.416 e. The number of benzene rings is 1. The molecule has 0 aliphatic heterocycles. The summed E-state index contributed by atoms with van der Waals surface area (Å²) in [6.45, 7) is 0.483. The van der Waals surface area contributed by atoms with E-state index in [2.05, 4.69) is 0 Å². The van der Waals surface area contributed by atoms with Gasteiger partial charge in [-0.25, -0.2) is 0 Å². The van der Waals surface area contributed by atoms with Gasteiger partial charge in [0.2, 0.25) is 0 Å². The van der Waals surface area contributed by atoms with Crippen LogP contribution in [-0.4, -0.2) is 19.5 Å². The molecule has 0 atom stereocenters. The maximum absolute atomic E-state index is 12.4. The molecule has 6 heteroatoms. The molecule has 0 fully saturated rings. The molecular weight excluding hydrogens is 251 g/mol. The van der Waals surface area contributed by atoms with E-state index in [1.54, 1.807) is 13.2 Å². The fourth-order valence-electron chi connectivity index (χ4n) is 1.15. The molecule has 0 amide bonds. The van der Waals surface area contributed by atoms with Crippen molar-refractivity contribution in [3.8, 4) is 6.07 Å². The lowest BCUT2D eigenvalue weighted by molar-refractivity contribution is -0.137. The van der Waals surface area contributed by atoms with Gasteiger partial charge in [0.15, 0.2) is 0 Å². The predicted octanol–water partition coefficient (Wildman–Crippen LogP) is 3.32. The van der Waals surface area contributed by atoms with Crippen LogP contribution < -0.4 is 0 Å². The molecule has 92 valence electrons. The van der Waals surface area contributed by atoms with E-state index in [4.69, 9.17) is 10.00 Å². The summed E-state index contributed by atoms with van der Waals surface area (Å²) in [5.41, 5.74) is -0.758. The fraction of sp³-hybridized carbons (Fsp3) is 0.364. The number of alkyl halides is 3. The lowest BCUT2D eigenvalue weighted by Crippen LogP contribution is -2.05. The number of methoxy groups -OCH3 is 1. The highest BCUT2D eigenvalue weighted by Crippen LogP contribution is 2.32. The summed E-state index contributed by atoms with van der Waals surface area (Å²) >= 11 is 1.30. The van der Waals surface area contributed by atoms with Crippen LogP contribution in [0.15, 0.2) is 23.1 Å². The Kier molecular flexibility index (Phi) is 4.85. The van der Waals surface area contributed by atoms with E-state index in [0.29, 0.717) is 17.3 Å². The fourth-order valence-corrected chi connectivity index (χ4v) is 2.05. The van der Waals surface area contributed by atoms with Gasteiger partial charge < -0.3 is 4.74 Å². The molecule has 0 radical (unpaired) electrons. The van der Waals surface area contributed by atoms with Gasteiger partial charge in [0.05, 0.1) is 17.7 Å². The zero-order valence-electron chi connectivity index (χ0n) is 9.04. The normalized spacial score (nSPS) is 11.2. The number of ether oxygens (including phenoxy) is 1. The first kappa shape index (κ1) is 13.9. The van der Waals surface area contributed by atoms with Crippen molar-refractivity contribution < 1.29 is 17.9 Å². The van der Waals surface area contributed by atoms with Crippen molar-refractivity contribution in [2.75, 3.05) is 19.5 Å². The molecule has 0 aromatic heterocycles. The summed E-state index contributed by atoms with van der Waals surface area (Å²) in [7, 11) is 1.54. The van der Waals surface area contributed by atoms with Gasteiger partial charge in [-0.3, -0.25) is 0 Å². The van der Waals surface area contributed by atoms with Crippen LogP contribution in [0.1, 0.15) is 11.1 Å². The lowest BCUT2D eigenvalue weighted by Gasteiger charge is -2.09. The van der Waals surface area contributed by atoms with Gasteiger partial charge in [-0.05, 0) is 18.2 Å². The molecule has 0 saturated carbocycles. The minimum atomic E-state index is -4.42. The molecular formula is C11H10F3NOS. The van der Waals surface area contributed by atoms with Gasteiger partial charge >= 0.3 is 6.18 Å². The molecule has 0 N–H and O–H groups in total. The zero-order valence-corrected chi connectivity index (χ0v) is 9.86. The Balaban J connectivity index is 2.91. The second kappa shape index (κ2) is 5.94. The molecule has 0 aliphatic carbocycles. The summed E-state index contributed by atoms with van der Waals surface area (Å²) < 4.78 is 42.1. The number of thioether (sulfide) groups is 1. The third-order valence-corrected chi connectivity index (χ3v) is 3.01. The minimum absolute atomic E-state index is 0.0425. The van der Waals surface area contributed by atoms with Crippen LogP contribution >= 0.6 is 11.8 Å². The first-order valence-electron chi connectivity index (χ1n) is 4.72. The van der Waals surface area contributed by atoms with E-state index in [1.165, 1.54) is 17.8 Å². The Labute approximate surface area is 101 Å². The summed E-state index contributed by atoms with van der Waals surface area (Å²) in [6, 6.07) is 4.95. The molecule has 0 bridgehead atoms. The van der Waals surface area contributed by atoms with Crippen LogP contribution in [0, 0.1) is 11.3 Å². The molecule has 0 saturated heterocycles. The van der Waals surface area contributed by atoms with Gasteiger partial charge in [0.1, 0.15) is 6.07 Å². The van der Waals surface area contributed by atoms with E-state index in [0.717, 1.165) is 12.1 Å². The van der Waals surface area contributed by atoms with Crippen LogP contribution in [0.4, 0.5) is 13.2 Å². The Morgan fingerprint density at radius 2 is 2.12 bits per heavy atom. The SMILES string of the molecule is COCCSc1ccc(C(F)(F)F)cc1C#N. The van der Waals surface area contributed by atoms with Crippen molar-refractivity contribution >= 4 is 11.8 Å². The molecule has 17 heavy (non-hydrogen) atoms. The smallest absolute Gasteiger partial charge is 0.384 e. The Morgan fingerprint density at radius 3 is 2.65 bits per heavy atom. The van der Waals surface area contributed by atoms with Gasteiger partial charge in [-0.15, -0.1) is 11.8 Å². The number of nitriles is 1.